The van der Waals surface area contributed by atoms with Crippen LogP contribution in [0.5, 0.6) is 0 Å². The average Bonchev–Trinajstić information content (AvgIpc) is 2.46. The van der Waals surface area contributed by atoms with E-state index in [1.807, 2.05) is 36.4 Å². The normalized spacial score (nSPS) is 10.2. The first-order chi connectivity index (χ1) is 9.69. The molecule has 0 radical (unpaired) electrons. The predicted molar refractivity (Wildman–Crippen MR) is 77.9 cm³/mol. The van der Waals surface area contributed by atoms with Crippen LogP contribution in [0.15, 0.2) is 48.5 Å². The molecule has 0 saturated heterocycles. The van der Waals surface area contributed by atoms with Gasteiger partial charge in [-0.2, -0.15) is 0 Å². The molecule has 0 aliphatic heterocycles. The van der Waals surface area contributed by atoms with E-state index < -0.39 is 5.97 Å². The maximum Gasteiger partial charge on any atom is 0.335 e. The first-order valence-corrected chi connectivity index (χ1v) is 6.33. The van der Waals surface area contributed by atoms with E-state index in [-0.39, 0.29) is 0 Å². The molecule has 2 rings (SSSR count). The Bertz CT molecular complexity index is 579. The fraction of sp³-hybridized carbons (Fsp3) is 0.188. The summed E-state index contributed by atoms with van der Waals surface area (Å²) in [6.07, 6.45) is 0. The van der Waals surface area contributed by atoms with Gasteiger partial charge in [-0.3, -0.25) is 0 Å². The van der Waals surface area contributed by atoms with Gasteiger partial charge in [-0.25, -0.2) is 4.79 Å². The van der Waals surface area contributed by atoms with Gasteiger partial charge in [0.2, 0.25) is 0 Å². The number of carboxylic acids is 1. The largest absolute Gasteiger partial charge is 0.478 e. The third-order valence-electron chi connectivity index (χ3n) is 2.94. The van der Waals surface area contributed by atoms with Gasteiger partial charge in [-0.15, -0.1) is 0 Å². The summed E-state index contributed by atoms with van der Waals surface area (Å²) in [4.78, 5) is 10.8. The lowest BCUT2D eigenvalue weighted by Crippen LogP contribution is -2.01. The third kappa shape index (κ3) is 3.83. The first kappa shape index (κ1) is 14.1. The van der Waals surface area contributed by atoms with Crippen LogP contribution in [0.4, 0.5) is 5.69 Å². The number of carboxylic acid groups (broad SMARTS) is 1. The number of nitrogens with one attached hydrogen (secondary N) is 1. The summed E-state index contributed by atoms with van der Waals surface area (Å²) in [5, 5.41) is 12.1. The van der Waals surface area contributed by atoms with Crippen LogP contribution in [0, 0.1) is 0 Å². The first-order valence-electron chi connectivity index (χ1n) is 6.33. The number of methoxy groups -OCH3 is 1. The van der Waals surface area contributed by atoms with Gasteiger partial charge in [0.15, 0.2) is 0 Å². The molecule has 0 saturated carbocycles. The quantitative estimate of drug-likeness (QED) is 0.847. The van der Waals surface area contributed by atoms with Crippen LogP contribution < -0.4 is 5.32 Å². The van der Waals surface area contributed by atoms with Crippen LogP contribution in [-0.2, 0) is 17.9 Å². The minimum absolute atomic E-state index is 0.302. The van der Waals surface area contributed by atoms with Crippen molar-refractivity contribution in [1.82, 2.24) is 0 Å². The maximum atomic E-state index is 10.8. The maximum absolute atomic E-state index is 10.8. The van der Waals surface area contributed by atoms with E-state index in [0.29, 0.717) is 18.7 Å². The van der Waals surface area contributed by atoms with Crippen LogP contribution in [0.2, 0.25) is 0 Å². The molecule has 4 heteroatoms. The van der Waals surface area contributed by atoms with Crippen molar-refractivity contribution in [2.24, 2.45) is 0 Å². The van der Waals surface area contributed by atoms with Gasteiger partial charge in [0.05, 0.1) is 12.2 Å². The average molecular weight is 271 g/mol. The Morgan fingerprint density at radius 1 is 1.15 bits per heavy atom. The Hall–Kier alpha value is -2.33. The molecule has 0 spiro atoms. The van der Waals surface area contributed by atoms with Gasteiger partial charge in [0, 0.05) is 19.3 Å². The summed E-state index contributed by atoms with van der Waals surface area (Å²) in [6, 6.07) is 14.9. The van der Waals surface area contributed by atoms with E-state index in [1.54, 1.807) is 19.2 Å². The van der Waals surface area contributed by atoms with Crippen molar-refractivity contribution in [3.8, 4) is 0 Å². The van der Waals surface area contributed by atoms with Gasteiger partial charge in [-0.05, 0) is 35.4 Å². The van der Waals surface area contributed by atoms with Gasteiger partial charge in [0.25, 0.3) is 0 Å². The molecule has 0 bridgehead atoms. The van der Waals surface area contributed by atoms with Crippen molar-refractivity contribution in [3.63, 3.8) is 0 Å². The summed E-state index contributed by atoms with van der Waals surface area (Å²) >= 11 is 0. The number of ether oxygens (including phenoxy) is 1. The van der Waals surface area contributed by atoms with Crippen molar-refractivity contribution in [2.45, 2.75) is 13.2 Å². The molecule has 104 valence electrons. The molecule has 0 aliphatic carbocycles. The van der Waals surface area contributed by atoms with Gasteiger partial charge in [0.1, 0.15) is 0 Å². The molecular weight excluding hydrogens is 254 g/mol. The Morgan fingerprint density at radius 3 is 2.55 bits per heavy atom. The third-order valence-corrected chi connectivity index (χ3v) is 2.94. The van der Waals surface area contributed by atoms with E-state index in [2.05, 4.69) is 5.32 Å². The molecule has 0 fully saturated rings. The van der Waals surface area contributed by atoms with Crippen LogP contribution in [0.1, 0.15) is 21.5 Å². The predicted octanol–water partition coefficient (Wildman–Crippen LogP) is 3.14. The lowest BCUT2D eigenvalue weighted by molar-refractivity contribution is 0.0697. The Morgan fingerprint density at radius 2 is 1.90 bits per heavy atom. The molecule has 0 unspecified atom stereocenters. The fourth-order valence-corrected chi connectivity index (χ4v) is 1.91. The highest BCUT2D eigenvalue weighted by Crippen LogP contribution is 2.13. The zero-order valence-electron chi connectivity index (χ0n) is 11.3. The van der Waals surface area contributed by atoms with Crippen LogP contribution >= 0.6 is 0 Å². The minimum atomic E-state index is -0.906. The second-order valence-electron chi connectivity index (χ2n) is 4.49. The van der Waals surface area contributed by atoms with E-state index in [1.165, 1.54) is 0 Å². The van der Waals surface area contributed by atoms with Crippen LogP contribution in [0.3, 0.4) is 0 Å². The summed E-state index contributed by atoms with van der Waals surface area (Å²) < 4.78 is 5.10. The second-order valence-corrected chi connectivity index (χ2v) is 4.49. The lowest BCUT2D eigenvalue weighted by Gasteiger charge is -2.08. The van der Waals surface area contributed by atoms with E-state index >= 15 is 0 Å². The number of hydrogen-bond acceptors (Lipinski definition) is 3. The van der Waals surface area contributed by atoms with Crippen LogP contribution in [0.25, 0.3) is 0 Å². The Balaban J connectivity index is 1.97. The molecule has 0 heterocycles. The van der Waals surface area contributed by atoms with Gasteiger partial charge in [-0.1, -0.05) is 24.3 Å². The highest BCUT2D eigenvalue weighted by molar-refractivity contribution is 5.87. The smallest absolute Gasteiger partial charge is 0.335 e. The zero-order valence-corrected chi connectivity index (χ0v) is 11.3. The number of hydrogen-bond donors (Lipinski definition) is 2. The van der Waals surface area contributed by atoms with Gasteiger partial charge < -0.3 is 15.2 Å². The second kappa shape index (κ2) is 6.73. The van der Waals surface area contributed by atoms with E-state index in [9.17, 15) is 4.79 Å². The van der Waals surface area contributed by atoms with E-state index in [0.717, 1.165) is 16.8 Å². The fourth-order valence-electron chi connectivity index (χ4n) is 1.91. The Kier molecular flexibility index (Phi) is 4.74. The highest BCUT2D eigenvalue weighted by Gasteiger charge is 2.02. The molecule has 0 aromatic heterocycles. The van der Waals surface area contributed by atoms with E-state index in [4.69, 9.17) is 9.84 Å². The van der Waals surface area contributed by atoms with Crippen molar-refractivity contribution in [1.29, 1.82) is 0 Å². The lowest BCUT2D eigenvalue weighted by atomic mass is 10.1. The molecular formula is C16H17NO3. The number of aromatic carboxylic acids is 1. The minimum Gasteiger partial charge on any atom is -0.478 e. The summed E-state index contributed by atoms with van der Waals surface area (Å²) in [7, 11) is 1.67. The van der Waals surface area contributed by atoms with Gasteiger partial charge >= 0.3 is 5.97 Å². The standard InChI is InChI=1S/C16H17NO3/c1-20-11-13-3-2-4-15(9-13)17-10-12-5-7-14(8-6-12)16(18)19/h2-9,17H,10-11H2,1H3,(H,18,19). The molecule has 0 amide bonds. The van der Waals surface area contributed by atoms with Crippen molar-refractivity contribution >= 4 is 11.7 Å². The zero-order chi connectivity index (χ0) is 14.4. The molecule has 4 nitrogen and oxygen atoms in total. The highest BCUT2D eigenvalue weighted by atomic mass is 16.5. The topological polar surface area (TPSA) is 58.6 Å². The van der Waals surface area contributed by atoms with Crippen molar-refractivity contribution in [3.05, 3.63) is 65.2 Å². The van der Waals surface area contributed by atoms with Crippen molar-refractivity contribution in [2.75, 3.05) is 12.4 Å². The van der Waals surface area contributed by atoms with Crippen LogP contribution in [-0.4, -0.2) is 18.2 Å². The molecule has 20 heavy (non-hydrogen) atoms. The molecule has 0 atom stereocenters. The molecule has 0 aliphatic rings. The molecule has 2 aromatic rings. The molecule has 2 N–H and O–H groups in total. The summed E-state index contributed by atoms with van der Waals surface area (Å²) in [6.45, 7) is 1.24. The number of benzene rings is 2. The number of anilines is 1. The summed E-state index contributed by atoms with van der Waals surface area (Å²) in [5.41, 5.74) is 3.46. The Labute approximate surface area is 118 Å². The number of rotatable bonds is 6. The SMILES string of the molecule is COCc1cccc(NCc2ccc(C(=O)O)cc2)c1. The van der Waals surface area contributed by atoms with Crippen molar-refractivity contribution < 1.29 is 14.6 Å². The monoisotopic (exact) mass is 271 g/mol. The molecule has 2 aromatic carbocycles. The number of carbonyl (C=O) groups is 1. The summed E-state index contributed by atoms with van der Waals surface area (Å²) in [5.74, 6) is -0.906.